The van der Waals surface area contributed by atoms with Crippen molar-refractivity contribution in [1.29, 1.82) is 0 Å². The number of anilines is 1. The van der Waals surface area contributed by atoms with Gasteiger partial charge in [-0.15, -0.1) is 0 Å². The highest BCUT2D eigenvalue weighted by molar-refractivity contribution is 7.91. The maximum absolute atomic E-state index is 12.6. The zero-order valence-electron chi connectivity index (χ0n) is 13.4. The van der Waals surface area contributed by atoms with Crippen LogP contribution in [-0.4, -0.2) is 38.6 Å². The Kier molecular flexibility index (Phi) is 4.02. The molecular weight excluding hydrogens is 322 g/mol. The van der Waals surface area contributed by atoms with Crippen molar-refractivity contribution in [3.8, 4) is 0 Å². The highest BCUT2D eigenvalue weighted by Gasteiger charge is 2.29. The van der Waals surface area contributed by atoms with Crippen molar-refractivity contribution < 1.29 is 8.42 Å². The van der Waals surface area contributed by atoms with Crippen LogP contribution in [0.5, 0.6) is 0 Å². The van der Waals surface area contributed by atoms with E-state index in [0.717, 1.165) is 25.2 Å². The van der Waals surface area contributed by atoms with Crippen molar-refractivity contribution in [3.05, 3.63) is 48.7 Å². The van der Waals surface area contributed by atoms with Crippen LogP contribution in [0.3, 0.4) is 0 Å². The lowest BCUT2D eigenvalue weighted by Gasteiger charge is -2.26. The third-order valence-electron chi connectivity index (χ3n) is 4.94. The zero-order valence-corrected chi connectivity index (χ0v) is 14.2. The molecule has 2 saturated heterocycles. The molecule has 2 aliphatic rings. The Labute approximate surface area is 142 Å². The van der Waals surface area contributed by atoms with Gasteiger partial charge in [0.2, 0.25) is 9.84 Å². The van der Waals surface area contributed by atoms with Crippen LogP contribution < -0.4 is 10.2 Å². The second kappa shape index (κ2) is 6.18. The molecule has 1 aromatic heterocycles. The van der Waals surface area contributed by atoms with Gasteiger partial charge in [-0.1, -0.05) is 18.2 Å². The van der Waals surface area contributed by atoms with E-state index in [4.69, 9.17) is 0 Å². The predicted molar refractivity (Wildman–Crippen MR) is 92.9 cm³/mol. The topological polar surface area (TPSA) is 62.3 Å². The minimum absolute atomic E-state index is 0.104. The Morgan fingerprint density at radius 3 is 2.54 bits per heavy atom. The van der Waals surface area contributed by atoms with Crippen molar-refractivity contribution in [1.82, 2.24) is 10.3 Å². The second-order valence-corrected chi connectivity index (χ2v) is 8.44. The van der Waals surface area contributed by atoms with Crippen LogP contribution in [0.2, 0.25) is 0 Å². The van der Waals surface area contributed by atoms with Crippen molar-refractivity contribution in [3.63, 3.8) is 0 Å². The molecule has 2 atom stereocenters. The molecule has 0 amide bonds. The summed E-state index contributed by atoms with van der Waals surface area (Å²) >= 11 is 0. The lowest BCUT2D eigenvalue weighted by atomic mass is 10.1. The van der Waals surface area contributed by atoms with E-state index in [1.54, 1.807) is 42.6 Å². The monoisotopic (exact) mass is 343 g/mol. The molecular formula is C18H21N3O2S. The summed E-state index contributed by atoms with van der Waals surface area (Å²) in [5, 5.41) is 3.76. The molecule has 1 N–H and O–H groups in total. The first-order chi connectivity index (χ1) is 11.6. The van der Waals surface area contributed by atoms with Gasteiger partial charge in [-0.2, -0.15) is 0 Å². The van der Waals surface area contributed by atoms with Crippen molar-refractivity contribution in [2.24, 2.45) is 0 Å². The normalized spacial score (nSPS) is 23.9. The van der Waals surface area contributed by atoms with Crippen LogP contribution in [0, 0.1) is 0 Å². The molecule has 24 heavy (non-hydrogen) atoms. The smallest absolute Gasteiger partial charge is 0.223 e. The number of pyridine rings is 1. The molecule has 0 saturated carbocycles. The van der Waals surface area contributed by atoms with E-state index in [1.165, 1.54) is 12.8 Å². The fourth-order valence-electron chi connectivity index (χ4n) is 3.62. The van der Waals surface area contributed by atoms with Gasteiger partial charge in [0.05, 0.1) is 16.8 Å². The summed E-state index contributed by atoms with van der Waals surface area (Å²) in [6.45, 7) is 1.95. The van der Waals surface area contributed by atoms with Crippen LogP contribution in [0.4, 0.5) is 5.69 Å². The Morgan fingerprint density at radius 1 is 1.00 bits per heavy atom. The van der Waals surface area contributed by atoms with Gasteiger partial charge >= 0.3 is 0 Å². The standard InChI is InChI=1S/C18H21N3O2S/c22-24(23,17-4-2-1-3-5-17)18-9-8-16(12-19-18)21-11-10-14-6-7-15(13-21)20-14/h1-5,8-9,12,14-15,20H,6-7,10-11,13H2. The van der Waals surface area contributed by atoms with Crippen LogP contribution in [-0.2, 0) is 9.84 Å². The van der Waals surface area contributed by atoms with Crippen LogP contribution >= 0.6 is 0 Å². The summed E-state index contributed by atoms with van der Waals surface area (Å²) in [7, 11) is -3.54. The van der Waals surface area contributed by atoms with E-state index in [9.17, 15) is 8.42 Å². The number of aromatic nitrogens is 1. The molecule has 5 nitrogen and oxygen atoms in total. The average Bonchev–Trinajstić information content (AvgIpc) is 2.95. The van der Waals surface area contributed by atoms with Gasteiger partial charge in [-0.25, -0.2) is 13.4 Å². The molecule has 2 aliphatic heterocycles. The quantitative estimate of drug-likeness (QED) is 0.926. The summed E-state index contributed by atoms with van der Waals surface area (Å²) in [6.07, 6.45) is 5.30. The van der Waals surface area contributed by atoms with E-state index >= 15 is 0 Å². The molecule has 4 rings (SSSR count). The molecule has 0 spiro atoms. The van der Waals surface area contributed by atoms with Crippen LogP contribution in [0.15, 0.2) is 58.6 Å². The molecule has 6 heteroatoms. The number of rotatable bonds is 3. The number of nitrogens with zero attached hydrogens (tertiary/aromatic N) is 2. The first-order valence-corrected chi connectivity index (χ1v) is 9.88. The number of fused-ring (bicyclic) bond motifs is 2. The van der Waals surface area contributed by atoms with Gasteiger partial charge in [-0.3, -0.25) is 0 Å². The predicted octanol–water partition coefficient (Wildman–Crippen LogP) is 2.25. The van der Waals surface area contributed by atoms with Gasteiger partial charge in [0, 0.05) is 25.2 Å². The van der Waals surface area contributed by atoms with Crippen molar-refractivity contribution >= 4 is 15.5 Å². The highest BCUT2D eigenvalue weighted by Crippen LogP contribution is 2.26. The molecule has 0 radical (unpaired) electrons. The molecule has 126 valence electrons. The Bertz CT molecular complexity index is 806. The number of benzene rings is 1. The number of hydrogen-bond donors (Lipinski definition) is 1. The first-order valence-electron chi connectivity index (χ1n) is 8.40. The van der Waals surface area contributed by atoms with Crippen LogP contribution in [0.25, 0.3) is 0 Å². The maximum Gasteiger partial charge on any atom is 0.223 e. The van der Waals surface area contributed by atoms with E-state index < -0.39 is 9.84 Å². The van der Waals surface area contributed by atoms with Gasteiger partial charge in [0.25, 0.3) is 0 Å². The highest BCUT2D eigenvalue weighted by atomic mass is 32.2. The molecule has 2 aromatic rings. The van der Waals surface area contributed by atoms with E-state index in [1.807, 2.05) is 6.07 Å². The third kappa shape index (κ3) is 2.91. The fraction of sp³-hybridized carbons (Fsp3) is 0.389. The van der Waals surface area contributed by atoms with Gasteiger partial charge in [0.1, 0.15) is 0 Å². The summed E-state index contributed by atoms with van der Waals surface area (Å²) in [6, 6.07) is 13.1. The summed E-state index contributed by atoms with van der Waals surface area (Å²) in [5.41, 5.74) is 0.997. The molecule has 2 bridgehead atoms. The Morgan fingerprint density at radius 2 is 1.79 bits per heavy atom. The molecule has 3 heterocycles. The van der Waals surface area contributed by atoms with E-state index in [0.29, 0.717) is 12.1 Å². The zero-order chi connectivity index (χ0) is 16.6. The van der Waals surface area contributed by atoms with Crippen molar-refractivity contribution in [2.75, 3.05) is 18.0 Å². The lowest BCUT2D eigenvalue weighted by Crippen LogP contribution is -2.35. The fourth-order valence-corrected chi connectivity index (χ4v) is 4.81. The SMILES string of the molecule is O=S(=O)(c1ccccc1)c1ccc(N2CCC3CCC(C2)N3)cn1. The van der Waals surface area contributed by atoms with Gasteiger partial charge in [-0.05, 0) is 43.5 Å². The lowest BCUT2D eigenvalue weighted by molar-refractivity contribution is 0.563. The molecule has 0 aliphatic carbocycles. The number of hydrogen-bond acceptors (Lipinski definition) is 5. The minimum atomic E-state index is -3.54. The Hall–Kier alpha value is -1.92. The van der Waals surface area contributed by atoms with Crippen molar-refractivity contribution in [2.45, 2.75) is 41.3 Å². The Balaban J connectivity index is 1.57. The largest absolute Gasteiger partial charge is 0.369 e. The summed E-state index contributed by atoms with van der Waals surface area (Å²) in [4.78, 5) is 6.83. The molecule has 2 fully saturated rings. The minimum Gasteiger partial charge on any atom is -0.369 e. The van der Waals surface area contributed by atoms with E-state index in [-0.39, 0.29) is 9.92 Å². The third-order valence-corrected chi connectivity index (χ3v) is 6.62. The molecule has 2 unspecified atom stereocenters. The molecule has 1 aromatic carbocycles. The average molecular weight is 343 g/mol. The number of nitrogens with one attached hydrogen (secondary N) is 1. The van der Waals surface area contributed by atoms with Gasteiger partial charge < -0.3 is 10.2 Å². The second-order valence-electron chi connectivity index (χ2n) is 6.54. The van der Waals surface area contributed by atoms with E-state index in [2.05, 4.69) is 15.2 Å². The summed E-state index contributed by atoms with van der Waals surface area (Å²) < 4.78 is 25.2. The first kappa shape index (κ1) is 15.6. The van der Waals surface area contributed by atoms with Crippen LogP contribution in [0.1, 0.15) is 19.3 Å². The summed E-state index contributed by atoms with van der Waals surface area (Å²) in [5.74, 6) is 0. The number of sulfone groups is 1. The maximum atomic E-state index is 12.6. The van der Waals surface area contributed by atoms with Gasteiger partial charge in [0.15, 0.2) is 5.03 Å².